The second-order valence-electron chi connectivity index (χ2n) is 4.05. The van der Waals surface area contributed by atoms with Crippen LogP contribution in [0.1, 0.15) is 5.69 Å². The van der Waals surface area contributed by atoms with Crippen LogP contribution in [0.5, 0.6) is 0 Å². The number of anilines is 2. The van der Waals surface area contributed by atoms with Gasteiger partial charge >= 0.3 is 0 Å². The molecule has 0 spiro atoms. The molecule has 92 valence electrons. The van der Waals surface area contributed by atoms with E-state index in [0.717, 1.165) is 5.69 Å². The molecule has 0 aromatic carbocycles. The zero-order chi connectivity index (χ0) is 12.4. The van der Waals surface area contributed by atoms with Gasteiger partial charge in [-0.3, -0.25) is 4.79 Å². The predicted molar refractivity (Wildman–Crippen MR) is 64.5 cm³/mol. The first-order chi connectivity index (χ1) is 8.09. The number of nitrogens with zero attached hydrogens (tertiary/aromatic N) is 2. The summed E-state index contributed by atoms with van der Waals surface area (Å²) in [7, 11) is 0. The number of carbonyl (C=O) groups excluding carboxylic acids is 1. The Morgan fingerprint density at radius 3 is 3.06 bits per heavy atom. The van der Waals surface area contributed by atoms with Crippen molar-refractivity contribution in [3.63, 3.8) is 0 Å². The summed E-state index contributed by atoms with van der Waals surface area (Å²) in [5, 5.41) is 0. The summed E-state index contributed by atoms with van der Waals surface area (Å²) in [5.74, 6) is 0.185. The number of primary amides is 1. The average molecular weight is 236 g/mol. The van der Waals surface area contributed by atoms with Crippen LogP contribution in [0.3, 0.4) is 0 Å². The SMILES string of the molecule is Cc1ccc(N)c(N2CCOCC2C(N)=O)n1. The van der Waals surface area contributed by atoms with E-state index in [2.05, 4.69) is 4.98 Å². The highest BCUT2D eigenvalue weighted by Crippen LogP contribution is 2.24. The third-order valence-corrected chi connectivity index (χ3v) is 2.77. The van der Waals surface area contributed by atoms with E-state index in [1.807, 2.05) is 17.9 Å². The lowest BCUT2D eigenvalue weighted by Crippen LogP contribution is -2.53. The number of morpholine rings is 1. The summed E-state index contributed by atoms with van der Waals surface area (Å²) in [5.41, 5.74) is 12.6. The van der Waals surface area contributed by atoms with Gasteiger partial charge in [-0.25, -0.2) is 4.98 Å². The largest absolute Gasteiger partial charge is 0.396 e. The molecule has 0 radical (unpaired) electrons. The van der Waals surface area contributed by atoms with Crippen molar-refractivity contribution in [2.75, 3.05) is 30.4 Å². The smallest absolute Gasteiger partial charge is 0.242 e. The van der Waals surface area contributed by atoms with E-state index in [-0.39, 0.29) is 6.61 Å². The molecule has 1 aliphatic rings. The fraction of sp³-hybridized carbons (Fsp3) is 0.455. The number of rotatable bonds is 2. The minimum absolute atomic E-state index is 0.282. The van der Waals surface area contributed by atoms with Gasteiger partial charge in [0.25, 0.3) is 0 Å². The Hall–Kier alpha value is -1.82. The number of aromatic nitrogens is 1. The van der Waals surface area contributed by atoms with Gasteiger partial charge in [0.05, 0.1) is 18.9 Å². The van der Waals surface area contributed by atoms with E-state index < -0.39 is 11.9 Å². The summed E-state index contributed by atoms with van der Waals surface area (Å²) in [6.07, 6.45) is 0. The Balaban J connectivity index is 2.35. The molecule has 1 aliphatic heterocycles. The topological polar surface area (TPSA) is 94.5 Å². The molecule has 0 bridgehead atoms. The van der Waals surface area contributed by atoms with E-state index in [1.165, 1.54) is 0 Å². The highest BCUT2D eigenvalue weighted by atomic mass is 16.5. The molecule has 1 aromatic heterocycles. The third-order valence-electron chi connectivity index (χ3n) is 2.77. The second kappa shape index (κ2) is 4.58. The lowest BCUT2D eigenvalue weighted by molar-refractivity contribution is -0.121. The number of hydrogen-bond donors (Lipinski definition) is 2. The maximum atomic E-state index is 11.4. The van der Waals surface area contributed by atoms with Crippen LogP contribution < -0.4 is 16.4 Å². The molecule has 1 saturated heterocycles. The first-order valence-corrected chi connectivity index (χ1v) is 5.46. The highest BCUT2D eigenvalue weighted by Gasteiger charge is 2.29. The average Bonchev–Trinajstić information content (AvgIpc) is 2.32. The number of amides is 1. The molecule has 1 unspecified atom stereocenters. The Morgan fingerprint density at radius 2 is 2.35 bits per heavy atom. The molecule has 17 heavy (non-hydrogen) atoms. The normalized spacial score (nSPS) is 20.3. The lowest BCUT2D eigenvalue weighted by atomic mass is 10.2. The van der Waals surface area contributed by atoms with Gasteiger partial charge in [-0.1, -0.05) is 0 Å². The van der Waals surface area contributed by atoms with Gasteiger partial charge in [0.15, 0.2) is 5.82 Å². The van der Waals surface area contributed by atoms with Crippen molar-refractivity contribution in [3.05, 3.63) is 17.8 Å². The predicted octanol–water partition coefficient (Wildman–Crippen LogP) is -0.337. The first-order valence-electron chi connectivity index (χ1n) is 5.46. The molecule has 1 atom stereocenters. The molecule has 6 nitrogen and oxygen atoms in total. The van der Waals surface area contributed by atoms with Crippen molar-refractivity contribution in [2.45, 2.75) is 13.0 Å². The third kappa shape index (κ3) is 2.31. The molecule has 4 N–H and O–H groups in total. The van der Waals surface area contributed by atoms with Gasteiger partial charge in [-0.05, 0) is 19.1 Å². The van der Waals surface area contributed by atoms with Gasteiger partial charge in [0.1, 0.15) is 6.04 Å². The van der Waals surface area contributed by atoms with E-state index in [0.29, 0.717) is 24.7 Å². The van der Waals surface area contributed by atoms with Gasteiger partial charge < -0.3 is 21.1 Å². The summed E-state index contributed by atoms with van der Waals surface area (Å²) < 4.78 is 5.25. The van der Waals surface area contributed by atoms with Gasteiger partial charge in [-0.15, -0.1) is 0 Å². The minimum atomic E-state index is -0.500. The van der Waals surface area contributed by atoms with Crippen molar-refractivity contribution in [1.29, 1.82) is 0 Å². The molecular weight excluding hydrogens is 220 g/mol. The number of hydrogen-bond acceptors (Lipinski definition) is 5. The van der Waals surface area contributed by atoms with E-state index >= 15 is 0 Å². The molecule has 1 amide bonds. The Labute approximate surface area is 99.5 Å². The maximum Gasteiger partial charge on any atom is 0.242 e. The summed E-state index contributed by atoms with van der Waals surface area (Å²) >= 11 is 0. The fourth-order valence-corrected chi connectivity index (χ4v) is 1.88. The van der Waals surface area contributed by atoms with E-state index in [1.54, 1.807) is 6.07 Å². The number of carbonyl (C=O) groups is 1. The molecule has 0 saturated carbocycles. The molecule has 6 heteroatoms. The minimum Gasteiger partial charge on any atom is -0.396 e. The van der Waals surface area contributed by atoms with Gasteiger partial charge in [0, 0.05) is 12.2 Å². The lowest BCUT2D eigenvalue weighted by Gasteiger charge is -2.35. The van der Waals surface area contributed by atoms with Gasteiger partial charge in [-0.2, -0.15) is 0 Å². The maximum absolute atomic E-state index is 11.4. The van der Waals surface area contributed by atoms with Crippen LogP contribution >= 0.6 is 0 Å². The number of ether oxygens (including phenoxy) is 1. The zero-order valence-electron chi connectivity index (χ0n) is 9.72. The Morgan fingerprint density at radius 1 is 1.59 bits per heavy atom. The van der Waals surface area contributed by atoms with Crippen molar-refractivity contribution in [3.8, 4) is 0 Å². The van der Waals surface area contributed by atoms with Crippen LogP contribution in [0.15, 0.2) is 12.1 Å². The second-order valence-corrected chi connectivity index (χ2v) is 4.05. The molecule has 1 aromatic rings. The zero-order valence-corrected chi connectivity index (χ0v) is 9.72. The van der Waals surface area contributed by atoms with Crippen LogP contribution in [0.4, 0.5) is 11.5 Å². The number of nitrogens with two attached hydrogens (primary N) is 2. The van der Waals surface area contributed by atoms with E-state index in [9.17, 15) is 4.79 Å². The molecule has 0 aliphatic carbocycles. The van der Waals surface area contributed by atoms with Crippen molar-refractivity contribution in [2.24, 2.45) is 5.73 Å². The van der Waals surface area contributed by atoms with Crippen LogP contribution in [0.2, 0.25) is 0 Å². The number of nitrogen functional groups attached to an aromatic ring is 1. The van der Waals surface area contributed by atoms with Crippen LogP contribution in [-0.4, -0.2) is 36.7 Å². The monoisotopic (exact) mass is 236 g/mol. The van der Waals surface area contributed by atoms with Crippen molar-refractivity contribution < 1.29 is 9.53 Å². The first kappa shape index (κ1) is 11.7. The molecule has 1 fully saturated rings. The van der Waals surface area contributed by atoms with Crippen LogP contribution in [0.25, 0.3) is 0 Å². The molecular formula is C11H16N4O2. The van der Waals surface area contributed by atoms with Crippen LogP contribution in [-0.2, 0) is 9.53 Å². The Kier molecular flexibility index (Phi) is 3.14. The summed E-state index contributed by atoms with van der Waals surface area (Å²) in [4.78, 5) is 17.5. The van der Waals surface area contributed by atoms with Gasteiger partial charge in [0.2, 0.25) is 5.91 Å². The van der Waals surface area contributed by atoms with Crippen LogP contribution in [0, 0.1) is 6.92 Å². The van der Waals surface area contributed by atoms with Crippen molar-refractivity contribution >= 4 is 17.4 Å². The summed E-state index contributed by atoms with van der Waals surface area (Å²) in [6, 6.07) is 3.12. The molecule has 2 rings (SSSR count). The number of aryl methyl sites for hydroxylation is 1. The molecule has 2 heterocycles. The standard InChI is InChI=1S/C11H16N4O2/c1-7-2-3-8(12)11(14-7)15-4-5-17-6-9(15)10(13)16/h2-3,9H,4-6,12H2,1H3,(H2,13,16). The quantitative estimate of drug-likeness (QED) is 0.732. The Bertz CT molecular complexity index is 435. The fourth-order valence-electron chi connectivity index (χ4n) is 1.88. The van der Waals surface area contributed by atoms with Crippen molar-refractivity contribution in [1.82, 2.24) is 4.98 Å². The number of pyridine rings is 1. The highest BCUT2D eigenvalue weighted by molar-refractivity contribution is 5.85. The summed E-state index contributed by atoms with van der Waals surface area (Å²) in [6.45, 7) is 3.26. The van der Waals surface area contributed by atoms with E-state index in [4.69, 9.17) is 16.2 Å².